The second kappa shape index (κ2) is 50.1. The molecule has 0 aliphatic heterocycles. The SMILES string of the molecule is CCCCCCCCCCCCCCCCCCCCCC(=O)OCC(COC(=O)CCCCCCCCC)OC(=O)CCCCCCCCCCCCCCCCCC. The number of rotatable bonds is 50. The zero-order chi connectivity index (χ0) is 43.7. The summed E-state index contributed by atoms with van der Waals surface area (Å²) in [6, 6.07) is 0. The molecule has 60 heavy (non-hydrogen) atoms. The van der Waals surface area contributed by atoms with Gasteiger partial charge in [-0.15, -0.1) is 0 Å². The highest BCUT2D eigenvalue weighted by atomic mass is 16.6. The molecule has 0 heterocycles. The van der Waals surface area contributed by atoms with Crippen LogP contribution < -0.4 is 0 Å². The quantitative estimate of drug-likeness (QED) is 0.0345. The van der Waals surface area contributed by atoms with Crippen molar-refractivity contribution >= 4 is 17.9 Å². The molecule has 0 saturated heterocycles. The number of hydrogen-bond donors (Lipinski definition) is 0. The lowest BCUT2D eigenvalue weighted by Gasteiger charge is -2.18. The topological polar surface area (TPSA) is 78.9 Å². The molecule has 0 radical (unpaired) electrons. The molecule has 0 fully saturated rings. The number of ether oxygens (including phenoxy) is 3. The number of hydrogen-bond acceptors (Lipinski definition) is 6. The highest BCUT2D eigenvalue weighted by Crippen LogP contribution is 2.17. The molecular weight excluding hydrogens is 745 g/mol. The first-order valence-electron chi connectivity index (χ1n) is 27.0. The smallest absolute Gasteiger partial charge is 0.306 e. The normalized spacial score (nSPS) is 11.8. The van der Waals surface area contributed by atoms with Gasteiger partial charge in [0.05, 0.1) is 0 Å². The summed E-state index contributed by atoms with van der Waals surface area (Å²) in [6.07, 6.45) is 53.9. The Kier molecular flexibility index (Phi) is 48.7. The summed E-state index contributed by atoms with van der Waals surface area (Å²) >= 11 is 0. The van der Waals surface area contributed by atoms with E-state index >= 15 is 0 Å². The highest BCUT2D eigenvalue weighted by molar-refractivity contribution is 5.71. The lowest BCUT2D eigenvalue weighted by molar-refractivity contribution is -0.167. The van der Waals surface area contributed by atoms with Gasteiger partial charge in [0.2, 0.25) is 0 Å². The monoisotopic (exact) mass is 849 g/mol. The van der Waals surface area contributed by atoms with Crippen molar-refractivity contribution in [3.63, 3.8) is 0 Å². The van der Waals surface area contributed by atoms with Crippen molar-refractivity contribution < 1.29 is 28.6 Å². The second-order valence-electron chi connectivity index (χ2n) is 18.5. The van der Waals surface area contributed by atoms with E-state index in [0.717, 1.165) is 57.8 Å². The summed E-state index contributed by atoms with van der Waals surface area (Å²) in [4.78, 5) is 37.8. The van der Waals surface area contributed by atoms with E-state index in [1.807, 2.05) is 0 Å². The summed E-state index contributed by atoms with van der Waals surface area (Å²) in [5.74, 6) is -0.846. The maximum Gasteiger partial charge on any atom is 0.306 e. The fourth-order valence-corrected chi connectivity index (χ4v) is 8.27. The number of carbonyl (C=O) groups is 3. The van der Waals surface area contributed by atoms with Crippen LogP contribution in [0, 0.1) is 0 Å². The first-order chi connectivity index (χ1) is 29.5. The van der Waals surface area contributed by atoms with Gasteiger partial charge in [-0.3, -0.25) is 14.4 Å². The van der Waals surface area contributed by atoms with Crippen LogP contribution in [0.15, 0.2) is 0 Å². The van der Waals surface area contributed by atoms with Gasteiger partial charge < -0.3 is 14.2 Å². The van der Waals surface area contributed by atoms with Crippen LogP contribution in [0.5, 0.6) is 0 Å². The van der Waals surface area contributed by atoms with Crippen molar-refractivity contribution in [1.29, 1.82) is 0 Å². The van der Waals surface area contributed by atoms with Gasteiger partial charge in [0.25, 0.3) is 0 Å². The average Bonchev–Trinajstić information content (AvgIpc) is 3.24. The molecule has 6 nitrogen and oxygen atoms in total. The molecule has 0 rings (SSSR count). The third kappa shape index (κ3) is 47.5. The van der Waals surface area contributed by atoms with Gasteiger partial charge in [-0.05, 0) is 19.3 Å². The molecule has 1 atom stereocenters. The molecule has 0 aliphatic carbocycles. The zero-order valence-corrected chi connectivity index (χ0v) is 40.8. The van der Waals surface area contributed by atoms with E-state index in [2.05, 4.69) is 20.8 Å². The van der Waals surface area contributed by atoms with E-state index in [1.54, 1.807) is 0 Å². The predicted octanol–water partition coefficient (Wildman–Crippen LogP) is 17.6. The van der Waals surface area contributed by atoms with Gasteiger partial charge in [-0.2, -0.15) is 0 Å². The minimum Gasteiger partial charge on any atom is -0.462 e. The predicted molar refractivity (Wildman–Crippen MR) is 257 cm³/mol. The number of unbranched alkanes of at least 4 members (excludes halogenated alkanes) is 39. The fourth-order valence-electron chi connectivity index (χ4n) is 8.27. The Hall–Kier alpha value is -1.59. The van der Waals surface area contributed by atoms with Crippen molar-refractivity contribution in [1.82, 2.24) is 0 Å². The molecule has 6 heteroatoms. The van der Waals surface area contributed by atoms with E-state index in [4.69, 9.17) is 14.2 Å². The van der Waals surface area contributed by atoms with Crippen LogP contribution in [0.2, 0.25) is 0 Å². The molecule has 0 aromatic rings. The van der Waals surface area contributed by atoms with Gasteiger partial charge in [0.15, 0.2) is 6.10 Å². The van der Waals surface area contributed by atoms with Crippen LogP contribution in [0.4, 0.5) is 0 Å². The van der Waals surface area contributed by atoms with Crippen LogP contribution in [0.3, 0.4) is 0 Å². The van der Waals surface area contributed by atoms with Crippen LogP contribution >= 0.6 is 0 Å². The average molecular weight is 849 g/mol. The summed E-state index contributed by atoms with van der Waals surface area (Å²) in [6.45, 7) is 6.65. The minimum atomic E-state index is -0.759. The maximum atomic E-state index is 12.8. The van der Waals surface area contributed by atoms with Gasteiger partial charge >= 0.3 is 17.9 Å². The second-order valence-corrected chi connectivity index (χ2v) is 18.5. The van der Waals surface area contributed by atoms with Crippen LogP contribution in [-0.2, 0) is 28.6 Å². The third-order valence-electron chi connectivity index (χ3n) is 12.4. The highest BCUT2D eigenvalue weighted by Gasteiger charge is 2.19. The maximum absolute atomic E-state index is 12.8. The molecule has 0 N–H and O–H groups in total. The van der Waals surface area contributed by atoms with Gasteiger partial charge in [0, 0.05) is 19.3 Å². The van der Waals surface area contributed by atoms with Gasteiger partial charge in [-0.25, -0.2) is 0 Å². The van der Waals surface area contributed by atoms with Crippen molar-refractivity contribution in [2.24, 2.45) is 0 Å². The molecule has 0 aliphatic rings. The molecular formula is C54H104O6. The molecule has 0 saturated carbocycles. The first kappa shape index (κ1) is 58.4. The summed E-state index contributed by atoms with van der Waals surface area (Å²) in [5.41, 5.74) is 0. The van der Waals surface area contributed by atoms with Crippen molar-refractivity contribution in [3.05, 3.63) is 0 Å². The molecule has 0 bridgehead atoms. The first-order valence-corrected chi connectivity index (χ1v) is 27.0. The Bertz CT molecular complexity index is 889. The van der Waals surface area contributed by atoms with Crippen LogP contribution in [-0.4, -0.2) is 37.2 Å². The largest absolute Gasteiger partial charge is 0.462 e. The van der Waals surface area contributed by atoms with E-state index in [9.17, 15) is 14.4 Å². The van der Waals surface area contributed by atoms with E-state index in [0.29, 0.717) is 19.3 Å². The summed E-state index contributed by atoms with van der Waals surface area (Å²) < 4.78 is 16.8. The molecule has 1 unspecified atom stereocenters. The van der Waals surface area contributed by atoms with E-state index in [-0.39, 0.29) is 31.1 Å². The molecule has 0 spiro atoms. The van der Waals surface area contributed by atoms with Crippen molar-refractivity contribution in [2.45, 2.75) is 316 Å². The Morgan fingerprint density at radius 3 is 0.667 bits per heavy atom. The molecule has 356 valence electrons. The Morgan fingerprint density at radius 2 is 0.450 bits per heavy atom. The minimum absolute atomic E-state index is 0.0621. The number of esters is 3. The zero-order valence-electron chi connectivity index (χ0n) is 40.8. The molecule has 0 aromatic carbocycles. The Balaban J connectivity index is 4.15. The molecule has 0 amide bonds. The fraction of sp³-hybridized carbons (Fsp3) is 0.944. The van der Waals surface area contributed by atoms with E-state index < -0.39 is 6.10 Å². The van der Waals surface area contributed by atoms with Gasteiger partial charge in [-0.1, -0.05) is 271 Å². The summed E-state index contributed by atoms with van der Waals surface area (Å²) in [7, 11) is 0. The summed E-state index contributed by atoms with van der Waals surface area (Å²) in [5, 5.41) is 0. The Labute approximate surface area is 374 Å². The number of carbonyl (C=O) groups excluding carboxylic acids is 3. The Morgan fingerprint density at radius 1 is 0.267 bits per heavy atom. The van der Waals surface area contributed by atoms with E-state index in [1.165, 1.54) is 212 Å². The third-order valence-corrected chi connectivity index (χ3v) is 12.4. The standard InChI is InChI=1S/C54H104O6/c1-4-7-10-13-16-18-20-22-24-26-27-28-30-31-33-35-38-41-44-47-53(56)59-50-51(49-58-52(55)46-43-40-37-15-12-9-6-3)60-54(57)48-45-42-39-36-34-32-29-25-23-21-19-17-14-11-8-5-2/h51H,4-50H2,1-3H3. The van der Waals surface area contributed by atoms with Crippen LogP contribution in [0.1, 0.15) is 310 Å². The van der Waals surface area contributed by atoms with Crippen LogP contribution in [0.25, 0.3) is 0 Å². The van der Waals surface area contributed by atoms with Gasteiger partial charge in [0.1, 0.15) is 13.2 Å². The van der Waals surface area contributed by atoms with Crippen molar-refractivity contribution in [3.8, 4) is 0 Å². The lowest BCUT2D eigenvalue weighted by Crippen LogP contribution is -2.30. The molecule has 0 aromatic heterocycles. The van der Waals surface area contributed by atoms with Crippen molar-refractivity contribution in [2.75, 3.05) is 13.2 Å². The lowest BCUT2D eigenvalue weighted by atomic mass is 10.0.